The van der Waals surface area contributed by atoms with E-state index < -0.39 is 6.61 Å². The second-order valence-electron chi connectivity index (χ2n) is 4.79. The number of para-hydroxylation sites is 1. The van der Waals surface area contributed by atoms with Crippen molar-refractivity contribution in [3.05, 3.63) is 65.5 Å². The van der Waals surface area contributed by atoms with Gasteiger partial charge in [-0.15, -0.1) is 0 Å². The van der Waals surface area contributed by atoms with E-state index in [0.717, 1.165) is 5.56 Å². The lowest BCUT2D eigenvalue weighted by Gasteiger charge is -2.19. The van der Waals surface area contributed by atoms with Crippen molar-refractivity contribution in [2.45, 2.75) is 19.7 Å². The third-order valence-corrected chi connectivity index (χ3v) is 2.97. The molecule has 2 aromatic carbocycles. The minimum Gasteiger partial charge on any atom is -0.434 e. The Labute approximate surface area is 121 Å². The number of hydrogen-bond donors (Lipinski definition) is 0. The lowest BCUT2D eigenvalue weighted by Crippen LogP contribution is -2.18. The van der Waals surface area contributed by atoms with Crippen LogP contribution in [0, 0.1) is 5.82 Å². The van der Waals surface area contributed by atoms with Crippen molar-refractivity contribution >= 4 is 0 Å². The number of rotatable bonds is 6. The summed E-state index contributed by atoms with van der Waals surface area (Å²) in [6.45, 7) is -1.90. The standard InChI is InChI=1S/C16H16F3NO/c1-20(10-12-5-4-7-14(17)9-12)11-13-6-2-3-8-15(13)21-16(18)19/h2-9,16H,10-11H2,1H3. The Morgan fingerprint density at radius 1 is 1.05 bits per heavy atom. The van der Waals surface area contributed by atoms with Crippen LogP contribution in [0.3, 0.4) is 0 Å². The maximum Gasteiger partial charge on any atom is 0.387 e. The lowest BCUT2D eigenvalue weighted by molar-refractivity contribution is -0.0507. The fourth-order valence-electron chi connectivity index (χ4n) is 2.14. The molecule has 0 aromatic heterocycles. The van der Waals surface area contributed by atoms with E-state index in [1.807, 2.05) is 18.0 Å². The molecule has 0 unspecified atom stereocenters. The Morgan fingerprint density at radius 2 is 1.81 bits per heavy atom. The molecular weight excluding hydrogens is 279 g/mol. The van der Waals surface area contributed by atoms with Crippen LogP contribution in [0.4, 0.5) is 13.2 Å². The summed E-state index contributed by atoms with van der Waals surface area (Å²) in [5.74, 6) is -0.124. The molecule has 0 fully saturated rings. The van der Waals surface area contributed by atoms with Gasteiger partial charge in [-0.25, -0.2) is 4.39 Å². The monoisotopic (exact) mass is 295 g/mol. The van der Waals surface area contributed by atoms with Gasteiger partial charge in [0.1, 0.15) is 11.6 Å². The second kappa shape index (κ2) is 7.13. The quantitative estimate of drug-likeness (QED) is 0.797. The largest absolute Gasteiger partial charge is 0.434 e. The van der Waals surface area contributed by atoms with Gasteiger partial charge in [0, 0.05) is 18.7 Å². The number of nitrogens with zero attached hydrogens (tertiary/aromatic N) is 1. The predicted molar refractivity (Wildman–Crippen MR) is 74.6 cm³/mol. The molecule has 0 aliphatic heterocycles. The molecule has 2 rings (SSSR count). The molecule has 0 N–H and O–H groups in total. The van der Waals surface area contributed by atoms with Gasteiger partial charge >= 0.3 is 6.61 Å². The molecule has 0 amide bonds. The fourth-order valence-corrected chi connectivity index (χ4v) is 2.14. The summed E-state index contributed by atoms with van der Waals surface area (Å²) in [6.07, 6.45) is 0. The van der Waals surface area contributed by atoms with Gasteiger partial charge in [0.25, 0.3) is 0 Å². The molecule has 21 heavy (non-hydrogen) atoms. The Bertz CT molecular complexity index is 589. The normalized spacial score (nSPS) is 11.1. The molecule has 0 aliphatic rings. The zero-order valence-corrected chi connectivity index (χ0v) is 11.6. The van der Waals surface area contributed by atoms with E-state index in [-0.39, 0.29) is 11.6 Å². The molecule has 0 atom stereocenters. The Balaban J connectivity index is 2.04. The first kappa shape index (κ1) is 15.4. The lowest BCUT2D eigenvalue weighted by atomic mass is 10.1. The SMILES string of the molecule is CN(Cc1cccc(F)c1)Cc1ccccc1OC(F)F. The van der Waals surface area contributed by atoms with Crippen molar-refractivity contribution in [2.75, 3.05) is 7.05 Å². The molecule has 0 bridgehead atoms. The van der Waals surface area contributed by atoms with Crippen LogP contribution in [0.5, 0.6) is 5.75 Å². The van der Waals surface area contributed by atoms with Crippen molar-refractivity contribution in [1.82, 2.24) is 4.90 Å². The van der Waals surface area contributed by atoms with Crippen LogP contribution in [0.1, 0.15) is 11.1 Å². The Hall–Kier alpha value is -2.01. The van der Waals surface area contributed by atoms with E-state index >= 15 is 0 Å². The average molecular weight is 295 g/mol. The van der Waals surface area contributed by atoms with Crippen LogP contribution >= 0.6 is 0 Å². The smallest absolute Gasteiger partial charge is 0.387 e. The van der Waals surface area contributed by atoms with E-state index in [1.165, 1.54) is 18.2 Å². The third-order valence-electron chi connectivity index (χ3n) is 2.97. The minimum absolute atomic E-state index is 0.165. The van der Waals surface area contributed by atoms with Crippen molar-refractivity contribution in [1.29, 1.82) is 0 Å². The molecule has 2 aromatic rings. The molecule has 0 radical (unpaired) electrons. The maximum atomic E-state index is 13.1. The number of ether oxygens (including phenoxy) is 1. The van der Waals surface area contributed by atoms with Crippen LogP contribution in [-0.4, -0.2) is 18.6 Å². The van der Waals surface area contributed by atoms with Crippen LogP contribution in [-0.2, 0) is 13.1 Å². The first-order valence-electron chi connectivity index (χ1n) is 6.50. The number of alkyl halides is 2. The molecule has 0 saturated heterocycles. The van der Waals surface area contributed by atoms with Gasteiger partial charge in [0.2, 0.25) is 0 Å². The molecule has 0 spiro atoms. The zero-order chi connectivity index (χ0) is 15.2. The zero-order valence-electron chi connectivity index (χ0n) is 11.6. The molecule has 5 heteroatoms. The summed E-state index contributed by atoms with van der Waals surface area (Å²) < 4.78 is 42.3. The third kappa shape index (κ3) is 4.79. The van der Waals surface area contributed by atoms with Gasteiger partial charge in [-0.2, -0.15) is 8.78 Å². The van der Waals surface area contributed by atoms with E-state index in [0.29, 0.717) is 18.7 Å². The van der Waals surface area contributed by atoms with Crippen molar-refractivity contribution in [3.63, 3.8) is 0 Å². The molecule has 2 nitrogen and oxygen atoms in total. The summed E-state index contributed by atoms with van der Waals surface area (Å²) in [5.41, 5.74) is 1.49. The highest BCUT2D eigenvalue weighted by atomic mass is 19.3. The van der Waals surface area contributed by atoms with Crippen molar-refractivity contribution in [2.24, 2.45) is 0 Å². The fraction of sp³-hybridized carbons (Fsp3) is 0.250. The van der Waals surface area contributed by atoms with Crippen molar-refractivity contribution < 1.29 is 17.9 Å². The Kier molecular flexibility index (Phi) is 5.22. The number of benzene rings is 2. The highest BCUT2D eigenvalue weighted by Crippen LogP contribution is 2.22. The van der Waals surface area contributed by atoms with E-state index in [9.17, 15) is 13.2 Å². The summed E-state index contributed by atoms with van der Waals surface area (Å²) in [5, 5.41) is 0. The average Bonchev–Trinajstić information content (AvgIpc) is 2.40. The van der Waals surface area contributed by atoms with E-state index in [1.54, 1.807) is 24.3 Å². The highest BCUT2D eigenvalue weighted by Gasteiger charge is 2.11. The first-order valence-corrected chi connectivity index (χ1v) is 6.50. The second-order valence-corrected chi connectivity index (χ2v) is 4.79. The van der Waals surface area contributed by atoms with Gasteiger partial charge in [0.15, 0.2) is 0 Å². The summed E-state index contributed by atoms with van der Waals surface area (Å²) in [7, 11) is 1.84. The molecule has 0 saturated carbocycles. The minimum atomic E-state index is -2.85. The van der Waals surface area contributed by atoms with Gasteiger partial charge < -0.3 is 4.74 Å². The summed E-state index contributed by atoms with van der Waals surface area (Å²) >= 11 is 0. The maximum absolute atomic E-state index is 13.1. The van der Waals surface area contributed by atoms with Crippen LogP contribution in [0.2, 0.25) is 0 Å². The highest BCUT2D eigenvalue weighted by molar-refractivity contribution is 5.33. The van der Waals surface area contributed by atoms with Crippen LogP contribution in [0.25, 0.3) is 0 Å². The van der Waals surface area contributed by atoms with Crippen LogP contribution < -0.4 is 4.74 Å². The van der Waals surface area contributed by atoms with Gasteiger partial charge in [-0.1, -0.05) is 30.3 Å². The number of hydrogen-bond acceptors (Lipinski definition) is 2. The predicted octanol–water partition coefficient (Wildman–Crippen LogP) is 4.06. The summed E-state index contributed by atoms with van der Waals surface area (Å²) in [4.78, 5) is 1.91. The molecule has 112 valence electrons. The van der Waals surface area contributed by atoms with Gasteiger partial charge in [0.05, 0.1) is 0 Å². The Morgan fingerprint density at radius 3 is 2.52 bits per heavy atom. The molecular formula is C16H16F3NO. The van der Waals surface area contributed by atoms with Gasteiger partial charge in [-0.3, -0.25) is 4.90 Å². The van der Waals surface area contributed by atoms with E-state index in [2.05, 4.69) is 4.74 Å². The first-order chi connectivity index (χ1) is 10.0. The van der Waals surface area contributed by atoms with E-state index in [4.69, 9.17) is 0 Å². The van der Waals surface area contributed by atoms with Crippen LogP contribution in [0.15, 0.2) is 48.5 Å². The molecule has 0 heterocycles. The number of halogens is 3. The van der Waals surface area contributed by atoms with Crippen molar-refractivity contribution in [3.8, 4) is 5.75 Å². The van der Waals surface area contributed by atoms with Gasteiger partial charge in [-0.05, 0) is 30.8 Å². The molecule has 0 aliphatic carbocycles. The summed E-state index contributed by atoms with van der Waals surface area (Å²) in [6, 6.07) is 13.0. The topological polar surface area (TPSA) is 12.5 Å².